The molecule has 0 aromatic heterocycles. The smallest absolute Gasteiger partial charge is 0.205 e. The van der Waals surface area contributed by atoms with Crippen LogP contribution in [0.3, 0.4) is 0 Å². The predicted octanol–water partition coefficient (Wildman–Crippen LogP) is 4.31. The molecule has 1 aromatic carbocycles. The van der Waals surface area contributed by atoms with Gasteiger partial charge in [0, 0.05) is 5.33 Å². The summed E-state index contributed by atoms with van der Waals surface area (Å²) in [6.07, 6.45) is -2.84. The van der Waals surface area contributed by atoms with E-state index in [2.05, 4.69) is 15.9 Å². The van der Waals surface area contributed by atoms with Crippen LogP contribution < -0.4 is 0 Å². The van der Waals surface area contributed by atoms with Crippen LogP contribution in [0.1, 0.15) is 17.6 Å². The fraction of sp³-hybridized carbons (Fsp3) is 0.250. The van der Waals surface area contributed by atoms with Crippen LogP contribution >= 0.6 is 27.5 Å². The molecule has 1 rings (SSSR count). The molecule has 0 aliphatic heterocycles. The lowest BCUT2D eigenvalue weighted by molar-refractivity contribution is 0.145. The van der Waals surface area contributed by atoms with Gasteiger partial charge >= 0.3 is 0 Å². The third-order valence-corrected chi connectivity index (χ3v) is 2.48. The second-order valence-corrected chi connectivity index (χ2v) is 3.34. The molecule has 0 saturated carbocycles. The van der Waals surface area contributed by atoms with Gasteiger partial charge in [-0.15, -0.1) is 0 Å². The zero-order valence-electron chi connectivity index (χ0n) is 6.33. The van der Waals surface area contributed by atoms with Gasteiger partial charge in [-0.05, 0) is 11.6 Å². The van der Waals surface area contributed by atoms with E-state index in [1.165, 1.54) is 12.1 Å². The number of benzene rings is 1. The third-order valence-electron chi connectivity index (χ3n) is 1.59. The van der Waals surface area contributed by atoms with Crippen LogP contribution in [0.2, 0.25) is 5.02 Å². The largest absolute Gasteiger partial charge is 0.267 e. The first-order chi connectivity index (χ1) is 6.07. The summed E-state index contributed by atoms with van der Waals surface area (Å²) < 4.78 is 37.7. The van der Waals surface area contributed by atoms with Crippen molar-refractivity contribution in [3.8, 4) is 0 Å². The molecule has 0 fully saturated rings. The van der Waals surface area contributed by atoms with Crippen molar-refractivity contribution in [2.75, 3.05) is 0 Å². The van der Waals surface area contributed by atoms with Crippen LogP contribution in [0.15, 0.2) is 12.1 Å². The summed E-state index contributed by atoms with van der Waals surface area (Å²) in [4.78, 5) is 0. The van der Waals surface area contributed by atoms with Crippen LogP contribution in [0.4, 0.5) is 13.2 Å². The van der Waals surface area contributed by atoms with Gasteiger partial charge in [-0.2, -0.15) is 0 Å². The van der Waals surface area contributed by atoms with Gasteiger partial charge in [0.2, 0.25) is 0 Å². The lowest BCUT2D eigenvalue weighted by atomic mass is 10.1. The van der Waals surface area contributed by atoms with E-state index in [9.17, 15) is 13.2 Å². The highest BCUT2D eigenvalue weighted by Crippen LogP contribution is 2.31. The van der Waals surface area contributed by atoms with Gasteiger partial charge in [0.15, 0.2) is 5.82 Å². The molecule has 0 bridgehead atoms. The molecule has 13 heavy (non-hydrogen) atoms. The van der Waals surface area contributed by atoms with Gasteiger partial charge in [-0.3, -0.25) is 0 Å². The second-order valence-electron chi connectivity index (χ2n) is 2.37. The van der Waals surface area contributed by atoms with E-state index in [0.29, 0.717) is 0 Å². The van der Waals surface area contributed by atoms with E-state index in [0.717, 1.165) is 0 Å². The number of rotatable bonds is 2. The van der Waals surface area contributed by atoms with E-state index in [4.69, 9.17) is 11.6 Å². The molecule has 0 amide bonds. The molecule has 0 radical (unpaired) electrons. The average molecular weight is 273 g/mol. The number of hydrogen-bond acceptors (Lipinski definition) is 0. The van der Waals surface area contributed by atoms with Crippen LogP contribution in [0.5, 0.6) is 0 Å². The topological polar surface area (TPSA) is 0 Å². The van der Waals surface area contributed by atoms with Crippen molar-refractivity contribution in [3.05, 3.63) is 34.1 Å². The first-order valence-electron chi connectivity index (χ1n) is 3.38. The van der Waals surface area contributed by atoms with Gasteiger partial charge in [-0.25, -0.2) is 13.2 Å². The minimum absolute atomic E-state index is 0.181. The molecule has 0 N–H and O–H groups in total. The summed E-state index contributed by atoms with van der Waals surface area (Å²) in [6, 6.07) is 2.64. The monoisotopic (exact) mass is 272 g/mol. The maximum atomic E-state index is 13.1. The van der Waals surface area contributed by atoms with Gasteiger partial charge in [0.05, 0.1) is 10.6 Å². The molecule has 0 aliphatic carbocycles. The van der Waals surface area contributed by atoms with Crippen LogP contribution in [0, 0.1) is 5.82 Å². The highest BCUT2D eigenvalue weighted by Gasteiger charge is 2.19. The highest BCUT2D eigenvalue weighted by molar-refractivity contribution is 9.08. The maximum Gasteiger partial charge on any atom is 0.267 e. The van der Waals surface area contributed by atoms with E-state index >= 15 is 0 Å². The average Bonchev–Trinajstić information content (AvgIpc) is 2.08. The Morgan fingerprint density at radius 2 is 2.00 bits per heavy atom. The van der Waals surface area contributed by atoms with E-state index in [-0.39, 0.29) is 15.9 Å². The summed E-state index contributed by atoms with van der Waals surface area (Å²) in [5.74, 6) is -1.03. The Balaban J connectivity index is 3.32. The van der Waals surface area contributed by atoms with E-state index in [1.807, 2.05) is 0 Å². The van der Waals surface area contributed by atoms with Crippen molar-refractivity contribution < 1.29 is 13.2 Å². The molecule has 0 atom stereocenters. The van der Waals surface area contributed by atoms with Crippen molar-refractivity contribution in [2.24, 2.45) is 0 Å². The fourth-order valence-corrected chi connectivity index (χ4v) is 1.61. The normalized spacial score (nSPS) is 10.9. The molecule has 1 aromatic rings. The van der Waals surface area contributed by atoms with E-state index < -0.39 is 17.8 Å². The first-order valence-corrected chi connectivity index (χ1v) is 4.88. The summed E-state index contributed by atoms with van der Waals surface area (Å²) in [7, 11) is 0. The summed E-state index contributed by atoms with van der Waals surface area (Å²) >= 11 is 8.36. The standard InChI is InChI=1S/C8H5BrClF3/c9-3-4-1-2-5(10)7(11)6(4)8(12)13/h1-2,8H,3H2. The molecule has 5 heteroatoms. The van der Waals surface area contributed by atoms with Crippen molar-refractivity contribution >= 4 is 27.5 Å². The molecular weight excluding hydrogens is 268 g/mol. The Morgan fingerprint density at radius 3 is 2.46 bits per heavy atom. The number of halogens is 5. The number of hydrogen-bond donors (Lipinski definition) is 0. The molecule has 0 nitrogen and oxygen atoms in total. The zero-order valence-corrected chi connectivity index (χ0v) is 8.67. The Labute approximate surface area is 86.8 Å². The van der Waals surface area contributed by atoms with E-state index in [1.54, 1.807) is 0 Å². The predicted molar refractivity (Wildman–Crippen MR) is 49.0 cm³/mol. The minimum atomic E-state index is -2.84. The summed E-state index contributed by atoms with van der Waals surface area (Å²) in [6.45, 7) is 0. The molecule has 0 unspecified atom stereocenters. The molecule has 72 valence electrons. The Morgan fingerprint density at radius 1 is 1.38 bits per heavy atom. The van der Waals surface area contributed by atoms with Crippen molar-refractivity contribution in [1.82, 2.24) is 0 Å². The van der Waals surface area contributed by atoms with Crippen molar-refractivity contribution in [1.29, 1.82) is 0 Å². The Bertz CT molecular complexity index is 315. The van der Waals surface area contributed by atoms with Gasteiger partial charge in [-0.1, -0.05) is 33.6 Å². The second kappa shape index (κ2) is 4.33. The van der Waals surface area contributed by atoms with Crippen molar-refractivity contribution in [2.45, 2.75) is 11.8 Å². The maximum absolute atomic E-state index is 13.1. The Kier molecular flexibility index (Phi) is 3.62. The third kappa shape index (κ3) is 2.17. The quantitative estimate of drug-likeness (QED) is 0.704. The molecular formula is C8H5BrClF3. The summed E-state index contributed by atoms with van der Waals surface area (Å²) in [5, 5.41) is -0.0965. The van der Waals surface area contributed by atoms with Crippen LogP contribution in [-0.4, -0.2) is 0 Å². The molecule has 0 saturated heterocycles. The molecule has 0 heterocycles. The zero-order chi connectivity index (χ0) is 10.0. The van der Waals surface area contributed by atoms with Gasteiger partial charge < -0.3 is 0 Å². The lowest BCUT2D eigenvalue weighted by Gasteiger charge is -2.08. The lowest BCUT2D eigenvalue weighted by Crippen LogP contribution is -1.97. The SMILES string of the molecule is Fc1c(Cl)ccc(CBr)c1C(F)F. The summed E-state index contributed by atoms with van der Waals surface area (Å²) in [5.41, 5.74) is -0.402. The first kappa shape index (κ1) is 10.9. The Hall–Kier alpha value is -0.220. The molecule has 0 aliphatic rings. The molecule has 0 spiro atoms. The van der Waals surface area contributed by atoms with Gasteiger partial charge in [0.25, 0.3) is 6.43 Å². The highest BCUT2D eigenvalue weighted by atomic mass is 79.9. The van der Waals surface area contributed by atoms with Crippen LogP contribution in [0.25, 0.3) is 0 Å². The van der Waals surface area contributed by atoms with Gasteiger partial charge in [0.1, 0.15) is 0 Å². The van der Waals surface area contributed by atoms with Crippen LogP contribution in [-0.2, 0) is 5.33 Å². The van der Waals surface area contributed by atoms with Crippen molar-refractivity contribution in [3.63, 3.8) is 0 Å². The number of alkyl halides is 3. The fourth-order valence-electron chi connectivity index (χ4n) is 0.959. The minimum Gasteiger partial charge on any atom is -0.205 e.